The molecule has 2 aromatic heterocycles. The van der Waals surface area contributed by atoms with Gasteiger partial charge in [0.25, 0.3) is 10.0 Å². The van der Waals surface area contributed by atoms with Crippen LogP contribution in [0.25, 0.3) is 0 Å². The van der Waals surface area contributed by atoms with Crippen molar-refractivity contribution in [3.8, 4) is 17.8 Å². The van der Waals surface area contributed by atoms with Crippen molar-refractivity contribution in [2.24, 2.45) is 0 Å². The van der Waals surface area contributed by atoms with Gasteiger partial charge in [0, 0.05) is 0 Å². The predicted molar refractivity (Wildman–Crippen MR) is 177 cm³/mol. The maximum atomic E-state index is 12.2. The summed E-state index contributed by atoms with van der Waals surface area (Å²) >= 11 is 0. The van der Waals surface area contributed by atoms with Gasteiger partial charge in [-0.25, -0.2) is 45.5 Å². The first-order chi connectivity index (χ1) is 24.5. The summed E-state index contributed by atoms with van der Waals surface area (Å²) in [6, 6.07) is 9.43. The molecule has 2 heterocycles. The van der Waals surface area contributed by atoms with E-state index in [1.807, 2.05) is 0 Å². The van der Waals surface area contributed by atoms with Crippen molar-refractivity contribution in [1.82, 2.24) is 34.4 Å². The minimum Gasteiger partial charge on any atom is -0.481 e. The van der Waals surface area contributed by atoms with E-state index in [2.05, 4.69) is 35.6 Å². The van der Waals surface area contributed by atoms with Gasteiger partial charge in [0.1, 0.15) is 10.7 Å². The number of nitrogens with zero attached hydrogens (tertiary/aromatic N) is 5. The number of aryl methyl sites for hydroxylation is 1. The molecule has 4 amide bonds. The number of amides is 4. The molecule has 0 spiro atoms. The molecule has 22 nitrogen and oxygen atoms in total. The first kappa shape index (κ1) is 39.7. The van der Waals surface area contributed by atoms with Crippen LogP contribution in [0.4, 0.5) is 21.5 Å². The predicted octanol–water partition coefficient (Wildman–Crippen LogP) is 1.24. The maximum absolute atomic E-state index is 12.2. The van der Waals surface area contributed by atoms with E-state index in [0.29, 0.717) is 0 Å². The zero-order chi connectivity index (χ0) is 38.6. The van der Waals surface area contributed by atoms with E-state index in [1.165, 1.54) is 70.7 Å². The highest BCUT2D eigenvalue weighted by molar-refractivity contribution is 7.90. The number of methoxy groups -OCH3 is 3. The number of sulfonamides is 2. The van der Waals surface area contributed by atoms with Gasteiger partial charge in [-0.3, -0.25) is 10.6 Å². The summed E-state index contributed by atoms with van der Waals surface area (Å²) in [5.74, 6) is -3.48. The van der Waals surface area contributed by atoms with E-state index in [0.717, 1.165) is 12.1 Å². The number of carbonyl (C=O) groups excluding carboxylic acids is 2. The summed E-state index contributed by atoms with van der Waals surface area (Å²) in [4.78, 5) is 64.6. The van der Waals surface area contributed by atoms with Crippen molar-refractivity contribution in [2.45, 2.75) is 17.6 Å². The Morgan fingerprint density at radius 2 is 1.19 bits per heavy atom. The molecule has 0 unspecified atom stereocenters. The van der Waals surface area contributed by atoms with Gasteiger partial charge in [-0.15, -0.1) is 0 Å². The third kappa shape index (κ3) is 11.4. The van der Waals surface area contributed by atoms with Crippen LogP contribution < -0.4 is 34.3 Å². The first-order valence-electron chi connectivity index (χ1n) is 14.0. The number of benzene rings is 2. The molecule has 0 atom stereocenters. The normalized spacial score (nSPS) is 10.8. The number of carboxylic acids is 2. The monoisotopic (exact) mass is 763 g/mol. The average Bonchev–Trinajstić information content (AvgIpc) is 3.07. The standard InChI is InChI=1S/C15H16N4O7S.C13H13N5O6S/c1-25-11-7-12(26-2)17-14(16-11)18-15(22)19-27(23,24)8-9-5-3-4-6-10(9)13(20)21;1-7-14-11(17-13(15-7)24-2)16-12(21)18-25(22,23)9-6-4-3-5-8(9)10(19)20/h3-7H,8H2,1-2H3,(H,20,21)(H2,16,17,18,19,22);3-6H,1-2H3,(H,19,20)(H2,14,15,16,17,18,21). The lowest BCUT2D eigenvalue weighted by molar-refractivity contribution is 0.0683. The van der Waals surface area contributed by atoms with Gasteiger partial charge in [-0.05, 0) is 30.7 Å². The molecule has 0 saturated carbocycles. The Kier molecular flexibility index (Phi) is 13.2. The minimum atomic E-state index is -4.43. The topological polar surface area (TPSA) is 317 Å². The largest absolute Gasteiger partial charge is 0.481 e. The highest BCUT2D eigenvalue weighted by Gasteiger charge is 2.25. The fraction of sp³-hybridized carbons (Fsp3) is 0.179. The smallest absolute Gasteiger partial charge is 0.337 e. The summed E-state index contributed by atoms with van der Waals surface area (Å²) in [5.41, 5.74) is -0.616. The number of rotatable bonds is 12. The fourth-order valence-electron chi connectivity index (χ4n) is 3.82. The van der Waals surface area contributed by atoms with E-state index in [4.69, 9.17) is 24.4 Å². The Morgan fingerprint density at radius 3 is 1.75 bits per heavy atom. The Labute approximate surface area is 294 Å². The number of hydrogen-bond acceptors (Lipinski definition) is 16. The lowest BCUT2D eigenvalue weighted by Crippen LogP contribution is -2.36. The van der Waals surface area contributed by atoms with Crippen molar-refractivity contribution < 1.29 is 60.4 Å². The molecule has 52 heavy (non-hydrogen) atoms. The van der Waals surface area contributed by atoms with Crippen LogP contribution in [0.2, 0.25) is 0 Å². The van der Waals surface area contributed by atoms with Gasteiger partial charge in [0.05, 0.1) is 44.3 Å². The minimum absolute atomic E-state index is 0.0320. The molecular weight excluding hydrogens is 734 g/mol. The van der Waals surface area contributed by atoms with Crippen molar-refractivity contribution in [2.75, 3.05) is 32.0 Å². The summed E-state index contributed by atoms with van der Waals surface area (Å²) in [7, 11) is -4.61. The Morgan fingerprint density at radius 1 is 0.673 bits per heavy atom. The number of hydrogen-bond donors (Lipinski definition) is 6. The second-order valence-electron chi connectivity index (χ2n) is 9.61. The van der Waals surface area contributed by atoms with E-state index in [9.17, 15) is 36.0 Å². The van der Waals surface area contributed by atoms with Gasteiger partial charge >= 0.3 is 30.0 Å². The molecule has 0 radical (unpaired) electrons. The van der Waals surface area contributed by atoms with Gasteiger partial charge in [-0.1, -0.05) is 30.3 Å². The van der Waals surface area contributed by atoms with E-state index in [-0.39, 0.29) is 46.6 Å². The third-order valence-electron chi connectivity index (χ3n) is 5.93. The third-order valence-corrected chi connectivity index (χ3v) is 8.51. The van der Waals surface area contributed by atoms with Crippen LogP contribution in [0.5, 0.6) is 17.8 Å². The molecule has 4 aromatic rings. The Hall–Kier alpha value is -6.69. The average molecular weight is 764 g/mol. The van der Waals surface area contributed by atoms with Crippen LogP contribution in [-0.2, 0) is 25.8 Å². The summed E-state index contributed by atoms with van der Waals surface area (Å²) in [5, 5.41) is 22.4. The van der Waals surface area contributed by atoms with Crippen LogP contribution in [0.3, 0.4) is 0 Å². The van der Waals surface area contributed by atoms with Crippen molar-refractivity contribution in [3.05, 3.63) is 77.1 Å². The van der Waals surface area contributed by atoms with Crippen LogP contribution in [0.1, 0.15) is 32.1 Å². The Bertz CT molecular complexity index is 2180. The van der Waals surface area contributed by atoms with Gasteiger partial charge < -0.3 is 24.4 Å². The lowest BCUT2D eigenvalue weighted by atomic mass is 10.1. The number of urea groups is 2. The molecule has 0 bridgehead atoms. The number of ether oxygens (including phenoxy) is 3. The summed E-state index contributed by atoms with van der Waals surface area (Å²) in [6.07, 6.45) is 0. The van der Waals surface area contributed by atoms with Gasteiger partial charge in [0.2, 0.25) is 33.7 Å². The summed E-state index contributed by atoms with van der Waals surface area (Å²) < 4.78 is 66.9. The van der Waals surface area contributed by atoms with Crippen LogP contribution in [-0.4, -0.2) is 97.3 Å². The van der Waals surface area contributed by atoms with Crippen molar-refractivity contribution >= 4 is 55.9 Å². The molecule has 0 aliphatic heterocycles. The quantitative estimate of drug-likeness (QED) is 0.118. The molecule has 0 aliphatic rings. The number of aromatic carboxylic acids is 2. The van der Waals surface area contributed by atoms with Gasteiger partial charge in [0.15, 0.2) is 0 Å². The van der Waals surface area contributed by atoms with Crippen LogP contribution in [0, 0.1) is 6.92 Å². The second-order valence-corrected chi connectivity index (χ2v) is 13.0. The van der Waals surface area contributed by atoms with Crippen LogP contribution in [0.15, 0.2) is 59.5 Å². The highest BCUT2D eigenvalue weighted by Crippen LogP contribution is 2.18. The van der Waals surface area contributed by atoms with E-state index in [1.54, 1.807) is 9.44 Å². The molecular formula is C28H29N9O13S2. The maximum Gasteiger partial charge on any atom is 0.337 e. The zero-order valence-corrected chi connectivity index (χ0v) is 29.0. The van der Waals surface area contributed by atoms with E-state index >= 15 is 0 Å². The molecule has 0 saturated heterocycles. The number of carbonyl (C=O) groups is 4. The molecule has 6 N–H and O–H groups in total. The fourth-order valence-corrected chi connectivity index (χ4v) is 5.99. The molecule has 0 aliphatic carbocycles. The van der Waals surface area contributed by atoms with Gasteiger partial charge in [-0.2, -0.15) is 24.9 Å². The molecule has 4 rings (SSSR count). The van der Waals surface area contributed by atoms with Crippen LogP contribution >= 0.6 is 0 Å². The Balaban J connectivity index is 0.000000281. The SMILES string of the molecule is COc1cc(OC)nc(NC(=O)NS(=O)(=O)Cc2ccccc2C(=O)O)n1.COc1nc(C)nc(NC(=O)NS(=O)(=O)c2ccccc2C(=O)O)n1. The highest BCUT2D eigenvalue weighted by atomic mass is 32.2. The molecule has 24 heteroatoms. The van der Waals surface area contributed by atoms with Crippen molar-refractivity contribution in [1.29, 1.82) is 0 Å². The van der Waals surface area contributed by atoms with Crippen molar-refractivity contribution in [3.63, 3.8) is 0 Å². The zero-order valence-electron chi connectivity index (χ0n) is 27.3. The molecule has 0 fully saturated rings. The number of aromatic nitrogens is 5. The lowest BCUT2D eigenvalue weighted by Gasteiger charge is -2.10. The first-order valence-corrected chi connectivity index (χ1v) is 17.1. The molecule has 276 valence electrons. The summed E-state index contributed by atoms with van der Waals surface area (Å²) in [6.45, 7) is 1.52. The number of nitrogens with one attached hydrogen (secondary N) is 4. The van der Waals surface area contributed by atoms with E-state index < -0.39 is 60.3 Å². The number of carboxylic acid groups (broad SMARTS) is 2. The molecule has 2 aromatic carbocycles. The number of anilines is 2. The second kappa shape index (κ2) is 17.3.